The van der Waals surface area contributed by atoms with Crippen molar-refractivity contribution < 1.29 is 28.7 Å². The van der Waals surface area contributed by atoms with Crippen molar-refractivity contribution in [3.05, 3.63) is 78.4 Å². The lowest BCUT2D eigenvalue weighted by Crippen LogP contribution is -2.36. The van der Waals surface area contributed by atoms with Crippen LogP contribution in [0.4, 0.5) is 0 Å². The normalized spacial score (nSPS) is 10.9. The zero-order valence-electron chi connectivity index (χ0n) is 20.1. The van der Waals surface area contributed by atoms with Gasteiger partial charge in [-0.3, -0.25) is 24.1 Å². The van der Waals surface area contributed by atoms with Crippen molar-refractivity contribution in [1.29, 1.82) is 0 Å². The lowest BCUT2D eigenvalue weighted by molar-refractivity contribution is -0.144. The smallest absolute Gasteiger partial charge is 0.326 e. The molecular formula is C26H33NO6. The molecule has 1 aliphatic rings. The maximum Gasteiger partial charge on any atom is 0.326 e. The summed E-state index contributed by atoms with van der Waals surface area (Å²) in [6.07, 6.45) is 0. The first-order valence-electron chi connectivity index (χ1n) is 10.8. The second-order valence-electron chi connectivity index (χ2n) is 5.89. The van der Waals surface area contributed by atoms with Crippen LogP contribution in [0.5, 0.6) is 5.75 Å². The number of ether oxygens (including phenoxy) is 2. The molecule has 0 unspecified atom stereocenters. The Morgan fingerprint density at radius 2 is 1.30 bits per heavy atom. The number of rotatable bonds is 7. The fourth-order valence-corrected chi connectivity index (χ4v) is 2.66. The Morgan fingerprint density at radius 1 is 0.818 bits per heavy atom. The van der Waals surface area contributed by atoms with Crippen LogP contribution in [0.25, 0.3) is 0 Å². The van der Waals surface area contributed by atoms with Gasteiger partial charge in [0.15, 0.2) is 5.78 Å². The van der Waals surface area contributed by atoms with Gasteiger partial charge in [0, 0.05) is 5.56 Å². The van der Waals surface area contributed by atoms with Gasteiger partial charge < -0.3 is 9.47 Å². The van der Waals surface area contributed by atoms with Gasteiger partial charge in [0.25, 0.3) is 11.8 Å². The lowest BCUT2D eigenvalue weighted by atomic mass is 10.1. The fourth-order valence-electron chi connectivity index (χ4n) is 2.66. The molecule has 1 heterocycles. The van der Waals surface area contributed by atoms with Crippen molar-refractivity contribution in [3.63, 3.8) is 0 Å². The van der Waals surface area contributed by atoms with Gasteiger partial charge in [-0.15, -0.1) is 13.2 Å². The molecule has 0 aliphatic carbocycles. The molecule has 0 saturated carbocycles. The van der Waals surface area contributed by atoms with Crippen LogP contribution >= 0.6 is 0 Å². The number of imide groups is 1. The largest absolute Gasteiger partial charge is 0.490 e. The average molecular weight is 456 g/mol. The minimum atomic E-state index is -0.694. The highest BCUT2D eigenvalue weighted by Gasteiger charge is 2.36. The Kier molecular flexibility index (Phi) is 14.2. The summed E-state index contributed by atoms with van der Waals surface area (Å²) in [4.78, 5) is 48.3. The van der Waals surface area contributed by atoms with Gasteiger partial charge in [-0.1, -0.05) is 39.8 Å². The van der Waals surface area contributed by atoms with E-state index in [4.69, 9.17) is 9.47 Å². The number of ketones is 1. The van der Waals surface area contributed by atoms with Crippen LogP contribution in [-0.2, 0) is 9.53 Å². The number of hydrogen-bond donors (Lipinski definition) is 0. The quantitative estimate of drug-likeness (QED) is 0.193. The first kappa shape index (κ1) is 29.3. The summed E-state index contributed by atoms with van der Waals surface area (Å²) in [5, 5.41) is 0. The number of amides is 2. The Hall–Kier alpha value is -3.74. The van der Waals surface area contributed by atoms with E-state index in [9.17, 15) is 19.2 Å². The molecule has 0 bridgehead atoms. The molecule has 2 aromatic carbocycles. The zero-order valence-corrected chi connectivity index (χ0v) is 20.1. The van der Waals surface area contributed by atoms with Gasteiger partial charge in [0.1, 0.15) is 25.5 Å². The van der Waals surface area contributed by atoms with Crippen molar-refractivity contribution in [2.75, 3.05) is 19.8 Å². The molecule has 0 N–H and O–H groups in total. The Balaban J connectivity index is 0.00000158. The number of benzene rings is 2. The lowest BCUT2D eigenvalue weighted by Gasteiger charge is -2.13. The molecule has 0 radical (unpaired) electrons. The minimum absolute atomic E-state index is 0.0313. The van der Waals surface area contributed by atoms with Crippen LogP contribution in [-0.4, -0.2) is 48.2 Å². The van der Waals surface area contributed by atoms with Crippen molar-refractivity contribution in [3.8, 4) is 5.75 Å². The van der Waals surface area contributed by atoms with Crippen molar-refractivity contribution in [1.82, 2.24) is 4.90 Å². The van der Waals surface area contributed by atoms with E-state index < -0.39 is 24.3 Å². The summed E-state index contributed by atoms with van der Waals surface area (Å²) in [7, 11) is 0. The molecule has 178 valence electrons. The van der Waals surface area contributed by atoms with Gasteiger partial charge in [0.05, 0.1) is 11.1 Å². The van der Waals surface area contributed by atoms with Gasteiger partial charge in [-0.2, -0.15) is 0 Å². The highest BCUT2D eigenvalue weighted by atomic mass is 16.6. The van der Waals surface area contributed by atoms with Gasteiger partial charge >= 0.3 is 5.97 Å². The number of nitrogens with zero attached hydrogens (tertiary/aromatic N) is 1. The molecule has 0 spiro atoms. The van der Waals surface area contributed by atoms with Gasteiger partial charge in [-0.25, -0.2) is 0 Å². The van der Waals surface area contributed by atoms with E-state index in [-0.39, 0.29) is 30.1 Å². The summed E-state index contributed by atoms with van der Waals surface area (Å²) >= 11 is 0. The zero-order chi connectivity index (χ0) is 25.4. The maximum absolute atomic E-state index is 12.2. The maximum atomic E-state index is 12.2. The topological polar surface area (TPSA) is 90.0 Å². The molecule has 7 heteroatoms. The first-order chi connectivity index (χ1) is 16.0. The van der Waals surface area contributed by atoms with Crippen LogP contribution < -0.4 is 4.74 Å². The molecule has 2 aromatic rings. The van der Waals surface area contributed by atoms with Crippen LogP contribution in [0.1, 0.15) is 65.7 Å². The number of esters is 1. The molecule has 0 fully saturated rings. The molecule has 1 aliphatic heterocycles. The molecule has 33 heavy (non-hydrogen) atoms. The fraction of sp³-hybridized carbons (Fsp3) is 0.308. The van der Waals surface area contributed by atoms with E-state index in [1.54, 1.807) is 48.5 Å². The third-order valence-corrected chi connectivity index (χ3v) is 4.04. The Bertz CT molecular complexity index is 886. The Labute approximate surface area is 196 Å². The van der Waals surface area contributed by atoms with Crippen LogP contribution in [0, 0.1) is 0 Å². The molecule has 0 aromatic heterocycles. The van der Waals surface area contributed by atoms with E-state index >= 15 is 0 Å². The number of fused-ring (bicyclic) bond motifs is 1. The van der Waals surface area contributed by atoms with E-state index in [1.807, 2.05) is 27.7 Å². The molecule has 0 saturated heterocycles. The standard InChI is InChI=1S/C20H17NO6.2C2H6.C2H4/c1-13(22)14-6-8-15(9-7-14)26-10-11-27-18(23)12-21-19(24)16-4-2-3-5-17(16)20(21)25;3*1-2/h2-9H,10-12H2,1H3;2*1-2H3;1-2H2. The van der Waals surface area contributed by atoms with E-state index in [2.05, 4.69) is 13.2 Å². The second kappa shape index (κ2) is 16.0. The van der Waals surface area contributed by atoms with Crippen LogP contribution in [0.2, 0.25) is 0 Å². The molecule has 7 nitrogen and oxygen atoms in total. The summed E-state index contributed by atoms with van der Waals surface area (Å²) in [5.74, 6) is -1.20. The molecule has 2 amide bonds. The summed E-state index contributed by atoms with van der Waals surface area (Å²) in [6, 6.07) is 13.0. The highest BCUT2D eigenvalue weighted by Crippen LogP contribution is 2.22. The number of carbonyl (C=O) groups excluding carboxylic acids is 4. The van der Waals surface area contributed by atoms with E-state index in [0.29, 0.717) is 11.3 Å². The summed E-state index contributed by atoms with van der Waals surface area (Å²) in [5.41, 5.74) is 1.15. The third kappa shape index (κ3) is 8.37. The second-order valence-corrected chi connectivity index (χ2v) is 5.89. The van der Waals surface area contributed by atoms with Crippen molar-refractivity contribution in [2.45, 2.75) is 34.6 Å². The Morgan fingerprint density at radius 3 is 1.76 bits per heavy atom. The van der Waals surface area contributed by atoms with Crippen molar-refractivity contribution >= 4 is 23.6 Å². The monoisotopic (exact) mass is 455 g/mol. The summed E-state index contributed by atoms with van der Waals surface area (Å²) in [6.45, 7) is 15.1. The SMILES string of the molecule is C=C.CC.CC.CC(=O)c1ccc(OCCOC(=O)CN2C(=O)c3ccccc3C2=O)cc1. The van der Waals surface area contributed by atoms with Crippen molar-refractivity contribution in [2.24, 2.45) is 0 Å². The number of carbonyl (C=O) groups is 4. The first-order valence-corrected chi connectivity index (χ1v) is 10.8. The number of hydrogen-bond acceptors (Lipinski definition) is 6. The minimum Gasteiger partial charge on any atom is -0.490 e. The number of Topliss-reactive ketones (excluding diaryl/α,β-unsaturated/α-hetero) is 1. The highest BCUT2D eigenvalue weighted by molar-refractivity contribution is 6.22. The molecular weight excluding hydrogens is 422 g/mol. The van der Waals surface area contributed by atoms with Gasteiger partial charge in [0.2, 0.25) is 0 Å². The predicted molar refractivity (Wildman–Crippen MR) is 129 cm³/mol. The molecule has 3 rings (SSSR count). The summed E-state index contributed by atoms with van der Waals surface area (Å²) < 4.78 is 10.4. The predicted octanol–water partition coefficient (Wildman–Crippen LogP) is 4.96. The van der Waals surface area contributed by atoms with Crippen LogP contribution in [0.15, 0.2) is 61.7 Å². The van der Waals surface area contributed by atoms with E-state index in [0.717, 1.165) is 4.90 Å². The van der Waals surface area contributed by atoms with E-state index in [1.165, 1.54) is 6.92 Å². The average Bonchev–Trinajstić information content (AvgIpc) is 3.11. The molecule has 0 atom stereocenters. The third-order valence-electron chi connectivity index (χ3n) is 4.04. The van der Waals surface area contributed by atoms with Gasteiger partial charge in [-0.05, 0) is 43.3 Å². The van der Waals surface area contributed by atoms with Crippen LogP contribution in [0.3, 0.4) is 0 Å².